The molecular formula is C15H20N4S. The Balaban J connectivity index is 1.84. The molecule has 0 saturated carbocycles. The van der Waals surface area contributed by atoms with Crippen LogP contribution in [-0.2, 0) is 6.54 Å². The molecule has 0 bridgehead atoms. The van der Waals surface area contributed by atoms with E-state index in [4.69, 9.17) is 12.2 Å². The van der Waals surface area contributed by atoms with Gasteiger partial charge in [-0.25, -0.2) is 0 Å². The third kappa shape index (κ3) is 4.06. The molecule has 0 amide bonds. The Morgan fingerprint density at radius 2 is 2.05 bits per heavy atom. The van der Waals surface area contributed by atoms with Gasteiger partial charge in [0.25, 0.3) is 0 Å². The Bertz CT molecular complexity index is 534. The minimum atomic E-state index is 0.592. The van der Waals surface area contributed by atoms with Gasteiger partial charge in [-0.2, -0.15) is 5.10 Å². The Labute approximate surface area is 125 Å². The second kappa shape index (κ2) is 7.05. The van der Waals surface area contributed by atoms with E-state index in [1.54, 1.807) is 6.20 Å². The summed E-state index contributed by atoms with van der Waals surface area (Å²) in [4.78, 5) is 0. The number of rotatable bonds is 5. The molecule has 5 heteroatoms. The van der Waals surface area contributed by atoms with E-state index in [1.807, 2.05) is 6.07 Å². The molecule has 1 aromatic carbocycles. The standard InChI is InChI=1S/C15H20N4S/c1-3-11(2)12-4-6-13(7-5-12)18-15(20)16-10-14-8-9-17-19-14/h4-9,11H,3,10H2,1-2H3,(H,17,19)(H2,16,18,20). The van der Waals surface area contributed by atoms with E-state index in [0.29, 0.717) is 17.6 Å². The first-order valence-corrected chi connectivity index (χ1v) is 7.23. The van der Waals surface area contributed by atoms with Crippen molar-refractivity contribution < 1.29 is 0 Å². The quantitative estimate of drug-likeness (QED) is 0.738. The molecule has 106 valence electrons. The first-order chi connectivity index (χ1) is 9.69. The molecule has 0 spiro atoms. The molecule has 1 unspecified atom stereocenters. The van der Waals surface area contributed by atoms with E-state index >= 15 is 0 Å². The minimum Gasteiger partial charge on any atom is -0.357 e. The lowest BCUT2D eigenvalue weighted by Gasteiger charge is -2.12. The van der Waals surface area contributed by atoms with Crippen molar-refractivity contribution in [2.45, 2.75) is 32.7 Å². The van der Waals surface area contributed by atoms with Crippen LogP contribution in [0.3, 0.4) is 0 Å². The van der Waals surface area contributed by atoms with Crippen LogP contribution in [0.25, 0.3) is 0 Å². The smallest absolute Gasteiger partial charge is 0.171 e. The van der Waals surface area contributed by atoms with E-state index in [2.05, 4.69) is 58.9 Å². The van der Waals surface area contributed by atoms with E-state index in [-0.39, 0.29) is 0 Å². The summed E-state index contributed by atoms with van der Waals surface area (Å²) >= 11 is 5.26. The molecular weight excluding hydrogens is 268 g/mol. The molecule has 2 aromatic rings. The number of H-pyrrole nitrogens is 1. The maximum absolute atomic E-state index is 5.26. The predicted molar refractivity (Wildman–Crippen MR) is 86.8 cm³/mol. The van der Waals surface area contributed by atoms with Crippen molar-refractivity contribution in [3.8, 4) is 0 Å². The SMILES string of the molecule is CCC(C)c1ccc(NC(=S)NCc2ccn[nH]2)cc1. The fraction of sp³-hybridized carbons (Fsp3) is 0.333. The highest BCUT2D eigenvalue weighted by Gasteiger charge is 2.03. The summed E-state index contributed by atoms with van der Waals surface area (Å²) in [5, 5.41) is 13.7. The van der Waals surface area contributed by atoms with Crippen LogP contribution >= 0.6 is 12.2 Å². The summed E-state index contributed by atoms with van der Waals surface area (Å²) in [5.74, 6) is 0.592. The lowest BCUT2D eigenvalue weighted by Crippen LogP contribution is -2.28. The first-order valence-electron chi connectivity index (χ1n) is 6.82. The summed E-state index contributed by atoms with van der Waals surface area (Å²) in [7, 11) is 0. The van der Waals surface area contributed by atoms with Crippen LogP contribution in [0.2, 0.25) is 0 Å². The van der Waals surface area contributed by atoms with Crippen LogP contribution < -0.4 is 10.6 Å². The zero-order chi connectivity index (χ0) is 14.4. The van der Waals surface area contributed by atoms with Gasteiger partial charge >= 0.3 is 0 Å². The normalized spacial score (nSPS) is 11.9. The molecule has 0 aliphatic rings. The van der Waals surface area contributed by atoms with Gasteiger partial charge in [0.05, 0.1) is 12.2 Å². The van der Waals surface area contributed by atoms with Crippen molar-refractivity contribution >= 4 is 23.0 Å². The monoisotopic (exact) mass is 288 g/mol. The zero-order valence-corrected chi connectivity index (χ0v) is 12.6. The van der Waals surface area contributed by atoms with Crippen LogP contribution in [0.4, 0.5) is 5.69 Å². The highest BCUT2D eigenvalue weighted by Crippen LogP contribution is 2.20. The molecule has 4 nitrogen and oxygen atoms in total. The zero-order valence-electron chi connectivity index (χ0n) is 11.8. The van der Waals surface area contributed by atoms with Gasteiger partial charge in [-0.1, -0.05) is 26.0 Å². The summed E-state index contributed by atoms with van der Waals surface area (Å²) in [5.41, 5.74) is 3.36. The Kier molecular flexibility index (Phi) is 5.12. The molecule has 1 aromatic heterocycles. The summed E-state index contributed by atoms with van der Waals surface area (Å²) < 4.78 is 0. The molecule has 20 heavy (non-hydrogen) atoms. The largest absolute Gasteiger partial charge is 0.357 e. The number of hydrogen-bond acceptors (Lipinski definition) is 2. The van der Waals surface area contributed by atoms with Crippen LogP contribution in [0.15, 0.2) is 36.5 Å². The fourth-order valence-electron chi connectivity index (χ4n) is 1.86. The second-order valence-electron chi connectivity index (χ2n) is 4.82. The molecule has 1 atom stereocenters. The van der Waals surface area contributed by atoms with Gasteiger partial charge in [-0.05, 0) is 48.3 Å². The maximum Gasteiger partial charge on any atom is 0.171 e. The van der Waals surface area contributed by atoms with Crippen molar-refractivity contribution in [2.24, 2.45) is 0 Å². The van der Waals surface area contributed by atoms with Crippen molar-refractivity contribution in [1.82, 2.24) is 15.5 Å². The first kappa shape index (κ1) is 14.5. The highest BCUT2D eigenvalue weighted by molar-refractivity contribution is 7.80. The van der Waals surface area contributed by atoms with Crippen LogP contribution in [0.5, 0.6) is 0 Å². The van der Waals surface area contributed by atoms with E-state index in [0.717, 1.165) is 17.8 Å². The lowest BCUT2D eigenvalue weighted by molar-refractivity contribution is 0.734. The molecule has 2 rings (SSSR count). The third-order valence-corrected chi connectivity index (χ3v) is 3.59. The number of thiocarbonyl (C=S) groups is 1. The Hall–Kier alpha value is -1.88. The number of nitrogens with zero attached hydrogens (tertiary/aromatic N) is 1. The Morgan fingerprint density at radius 1 is 1.30 bits per heavy atom. The van der Waals surface area contributed by atoms with Gasteiger partial charge in [0, 0.05) is 11.9 Å². The molecule has 0 fully saturated rings. The van der Waals surface area contributed by atoms with Gasteiger partial charge in [-0.15, -0.1) is 0 Å². The summed E-state index contributed by atoms with van der Waals surface area (Å²) in [6.45, 7) is 5.07. The van der Waals surface area contributed by atoms with E-state index in [1.165, 1.54) is 5.56 Å². The van der Waals surface area contributed by atoms with Crippen LogP contribution in [-0.4, -0.2) is 15.3 Å². The molecule has 0 aliphatic carbocycles. The number of benzene rings is 1. The molecule has 0 saturated heterocycles. The third-order valence-electron chi connectivity index (χ3n) is 3.35. The molecule has 3 N–H and O–H groups in total. The maximum atomic E-state index is 5.26. The number of hydrogen-bond donors (Lipinski definition) is 3. The topological polar surface area (TPSA) is 52.7 Å². The van der Waals surface area contributed by atoms with E-state index < -0.39 is 0 Å². The number of aromatic nitrogens is 2. The highest BCUT2D eigenvalue weighted by atomic mass is 32.1. The number of aromatic amines is 1. The van der Waals surface area contributed by atoms with Gasteiger partial charge in [0.1, 0.15) is 0 Å². The van der Waals surface area contributed by atoms with Crippen molar-refractivity contribution in [1.29, 1.82) is 0 Å². The van der Waals surface area contributed by atoms with Crippen molar-refractivity contribution in [3.63, 3.8) is 0 Å². The average molecular weight is 288 g/mol. The second-order valence-corrected chi connectivity index (χ2v) is 5.23. The summed E-state index contributed by atoms with van der Waals surface area (Å²) in [6.07, 6.45) is 2.87. The number of anilines is 1. The van der Waals surface area contributed by atoms with Gasteiger partial charge < -0.3 is 10.6 Å². The van der Waals surface area contributed by atoms with Crippen molar-refractivity contribution in [2.75, 3.05) is 5.32 Å². The Morgan fingerprint density at radius 3 is 2.65 bits per heavy atom. The van der Waals surface area contributed by atoms with Crippen LogP contribution in [0, 0.1) is 0 Å². The lowest BCUT2D eigenvalue weighted by atomic mass is 9.99. The number of nitrogens with one attached hydrogen (secondary N) is 3. The van der Waals surface area contributed by atoms with Crippen LogP contribution in [0.1, 0.15) is 37.4 Å². The molecule has 0 radical (unpaired) electrons. The van der Waals surface area contributed by atoms with Gasteiger partial charge in [0.2, 0.25) is 0 Å². The summed E-state index contributed by atoms with van der Waals surface area (Å²) in [6, 6.07) is 10.3. The van der Waals surface area contributed by atoms with Gasteiger partial charge in [0.15, 0.2) is 5.11 Å². The minimum absolute atomic E-state index is 0.592. The predicted octanol–water partition coefficient (Wildman–Crippen LogP) is 3.41. The van der Waals surface area contributed by atoms with Gasteiger partial charge in [-0.3, -0.25) is 5.10 Å². The van der Waals surface area contributed by atoms with Crippen molar-refractivity contribution in [3.05, 3.63) is 47.8 Å². The molecule has 0 aliphatic heterocycles. The molecule has 1 heterocycles. The van der Waals surface area contributed by atoms with E-state index in [9.17, 15) is 0 Å². The fourth-order valence-corrected chi connectivity index (χ4v) is 2.05. The average Bonchev–Trinajstić information content (AvgIpc) is 2.98.